The zero-order valence-electron chi connectivity index (χ0n) is 7.37. The highest BCUT2D eigenvalue weighted by Gasteiger charge is 2.52. The van der Waals surface area contributed by atoms with E-state index in [1.54, 1.807) is 7.11 Å². The van der Waals surface area contributed by atoms with Crippen LogP contribution >= 0.6 is 0 Å². The number of carbonyl (C=O) groups excluding carboxylic acids is 1. The van der Waals surface area contributed by atoms with E-state index in [1.807, 2.05) is 0 Å². The van der Waals surface area contributed by atoms with E-state index >= 15 is 0 Å². The van der Waals surface area contributed by atoms with Crippen LogP contribution in [0.2, 0.25) is 0 Å². The number of hydrogen-bond acceptors (Lipinski definition) is 4. The minimum Gasteiger partial charge on any atom is -0.467 e. The first-order chi connectivity index (χ1) is 5.66. The topological polar surface area (TPSA) is 55.8 Å². The van der Waals surface area contributed by atoms with Gasteiger partial charge in [-0.15, -0.1) is 0 Å². The van der Waals surface area contributed by atoms with Crippen LogP contribution in [0.5, 0.6) is 0 Å². The van der Waals surface area contributed by atoms with Crippen LogP contribution in [-0.4, -0.2) is 38.0 Å². The second-order valence-corrected chi connectivity index (χ2v) is 3.22. The van der Waals surface area contributed by atoms with Gasteiger partial charge in [-0.2, -0.15) is 0 Å². The summed E-state index contributed by atoms with van der Waals surface area (Å²) in [6.45, 7) is 0.420. The fourth-order valence-electron chi connectivity index (χ4n) is 1.31. The van der Waals surface area contributed by atoms with Gasteiger partial charge in [-0.25, -0.2) is 4.79 Å². The molecule has 0 aromatic carbocycles. The molecular formula is C8H14O4. The molecule has 0 aromatic heterocycles. The van der Waals surface area contributed by atoms with Gasteiger partial charge in [0.25, 0.3) is 0 Å². The van der Waals surface area contributed by atoms with Gasteiger partial charge >= 0.3 is 5.97 Å². The summed E-state index contributed by atoms with van der Waals surface area (Å²) in [4.78, 5) is 10.9. The number of rotatable bonds is 4. The molecule has 1 rings (SSSR count). The van der Waals surface area contributed by atoms with Crippen LogP contribution in [0, 0.1) is 5.41 Å². The van der Waals surface area contributed by atoms with Crippen LogP contribution in [0.3, 0.4) is 0 Å². The SMILES string of the molecule is COCC1(C(O)C(=O)OC)CC1. The van der Waals surface area contributed by atoms with Crippen molar-refractivity contribution in [3.63, 3.8) is 0 Å². The second-order valence-electron chi connectivity index (χ2n) is 3.22. The first-order valence-corrected chi connectivity index (χ1v) is 3.91. The Bertz CT molecular complexity index is 174. The predicted octanol–water partition coefficient (Wildman–Crippen LogP) is -0.0531. The van der Waals surface area contributed by atoms with Gasteiger partial charge in [-0.05, 0) is 12.8 Å². The van der Waals surface area contributed by atoms with Crippen molar-refractivity contribution in [2.24, 2.45) is 5.41 Å². The van der Waals surface area contributed by atoms with E-state index in [-0.39, 0.29) is 5.41 Å². The van der Waals surface area contributed by atoms with Crippen LogP contribution in [0.1, 0.15) is 12.8 Å². The van der Waals surface area contributed by atoms with E-state index in [4.69, 9.17) is 4.74 Å². The quantitative estimate of drug-likeness (QED) is 0.607. The lowest BCUT2D eigenvalue weighted by molar-refractivity contribution is -0.155. The smallest absolute Gasteiger partial charge is 0.335 e. The third kappa shape index (κ3) is 1.59. The van der Waals surface area contributed by atoms with Crippen LogP contribution in [0.25, 0.3) is 0 Å². The molecule has 1 saturated carbocycles. The van der Waals surface area contributed by atoms with Crippen molar-refractivity contribution >= 4 is 5.97 Å². The summed E-state index contributed by atoms with van der Waals surface area (Å²) in [7, 11) is 2.83. The Morgan fingerprint density at radius 1 is 1.58 bits per heavy atom. The minimum absolute atomic E-state index is 0.359. The predicted molar refractivity (Wildman–Crippen MR) is 41.6 cm³/mol. The number of carbonyl (C=O) groups is 1. The van der Waals surface area contributed by atoms with Gasteiger partial charge < -0.3 is 14.6 Å². The Kier molecular flexibility index (Phi) is 2.69. The minimum atomic E-state index is -1.03. The molecule has 0 heterocycles. The number of aliphatic hydroxyl groups is 1. The van der Waals surface area contributed by atoms with Crippen molar-refractivity contribution in [3.8, 4) is 0 Å². The lowest BCUT2D eigenvalue weighted by Crippen LogP contribution is -2.34. The molecule has 0 radical (unpaired) electrons. The van der Waals surface area contributed by atoms with Crippen LogP contribution in [-0.2, 0) is 14.3 Å². The summed E-state index contributed by atoms with van der Waals surface area (Å²) in [5.41, 5.74) is -0.359. The Hall–Kier alpha value is -0.610. The van der Waals surface area contributed by atoms with Crippen molar-refractivity contribution in [1.29, 1.82) is 0 Å². The monoisotopic (exact) mass is 174 g/mol. The maximum atomic E-state index is 10.9. The molecule has 0 saturated heterocycles. The third-order valence-corrected chi connectivity index (χ3v) is 2.33. The van der Waals surface area contributed by atoms with Crippen molar-refractivity contribution < 1.29 is 19.4 Å². The zero-order valence-corrected chi connectivity index (χ0v) is 7.37. The first-order valence-electron chi connectivity index (χ1n) is 3.91. The summed E-state index contributed by atoms with van der Waals surface area (Å²) in [6, 6.07) is 0. The summed E-state index contributed by atoms with van der Waals surface area (Å²) in [5, 5.41) is 9.48. The summed E-state index contributed by atoms with van der Waals surface area (Å²) < 4.78 is 9.36. The average molecular weight is 174 g/mol. The zero-order chi connectivity index (χ0) is 9.19. The number of hydrogen-bond donors (Lipinski definition) is 1. The van der Waals surface area contributed by atoms with E-state index in [1.165, 1.54) is 7.11 Å². The lowest BCUT2D eigenvalue weighted by atomic mass is 10.0. The van der Waals surface area contributed by atoms with E-state index < -0.39 is 12.1 Å². The molecule has 1 fully saturated rings. The molecule has 0 aromatic rings. The summed E-state index contributed by atoms with van der Waals surface area (Å²) in [6.07, 6.45) is 0.635. The van der Waals surface area contributed by atoms with Crippen molar-refractivity contribution in [3.05, 3.63) is 0 Å². The Labute approximate surface area is 71.5 Å². The molecule has 1 N–H and O–H groups in total. The van der Waals surface area contributed by atoms with Gasteiger partial charge in [0.1, 0.15) is 0 Å². The molecule has 1 aliphatic carbocycles. The average Bonchev–Trinajstić information content (AvgIpc) is 2.84. The van der Waals surface area contributed by atoms with Crippen LogP contribution in [0.4, 0.5) is 0 Å². The van der Waals surface area contributed by atoms with Gasteiger partial charge in [-0.3, -0.25) is 0 Å². The highest BCUT2D eigenvalue weighted by atomic mass is 16.5. The maximum absolute atomic E-state index is 10.9. The Balaban J connectivity index is 2.50. The molecule has 1 aliphatic rings. The number of ether oxygens (including phenoxy) is 2. The number of aliphatic hydroxyl groups excluding tert-OH is 1. The normalized spacial score (nSPS) is 21.6. The molecule has 4 heteroatoms. The number of methoxy groups -OCH3 is 2. The Morgan fingerprint density at radius 2 is 2.17 bits per heavy atom. The highest BCUT2D eigenvalue weighted by molar-refractivity contribution is 5.75. The van der Waals surface area contributed by atoms with E-state index in [2.05, 4.69) is 4.74 Å². The molecule has 0 aliphatic heterocycles. The van der Waals surface area contributed by atoms with Gasteiger partial charge in [0.2, 0.25) is 0 Å². The summed E-state index contributed by atoms with van der Waals surface area (Å²) in [5.74, 6) is -0.565. The molecule has 0 bridgehead atoms. The van der Waals surface area contributed by atoms with E-state index in [0.717, 1.165) is 12.8 Å². The van der Waals surface area contributed by atoms with Crippen LogP contribution < -0.4 is 0 Å². The summed E-state index contributed by atoms with van der Waals surface area (Å²) >= 11 is 0. The number of esters is 1. The highest BCUT2D eigenvalue weighted by Crippen LogP contribution is 2.49. The molecule has 12 heavy (non-hydrogen) atoms. The van der Waals surface area contributed by atoms with Gasteiger partial charge in [0, 0.05) is 12.5 Å². The lowest BCUT2D eigenvalue weighted by Gasteiger charge is -2.18. The standard InChI is InChI=1S/C8H14O4/c1-11-5-8(3-4-8)6(9)7(10)12-2/h6,9H,3-5H2,1-2H3. The van der Waals surface area contributed by atoms with Crippen molar-refractivity contribution in [2.45, 2.75) is 18.9 Å². The maximum Gasteiger partial charge on any atom is 0.335 e. The van der Waals surface area contributed by atoms with E-state index in [9.17, 15) is 9.90 Å². The second kappa shape index (κ2) is 3.41. The van der Waals surface area contributed by atoms with Gasteiger partial charge in [0.15, 0.2) is 6.10 Å². The van der Waals surface area contributed by atoms with E-state index in [0.29, 0.717) is 6.61 Å². The molecule has 1 atom stereocenters. The molecular weight excluding hydrogens is 160 g/mol. The van der Waals surface area contributed by atoms with Gasteiger partial charge in [-0.1, -0.05) is 0 Å². The largest absolute Gasteiger partial charge is 0.467 e. The van der Waals surface area contributed by atoms with Gasteiger partial charge in [0.05, 0.1) is 13.7 Å². The molecule has 4 nitrogen and oxygen atoms in total. The van der Waals surface area contributed by atoms with Crippen molar-refractivity contribution in [1.82, 2.24) is 0 Å². The molecule has 0 amide bonds. The molecule has 0 spiro atoms. The third-order valence-electron chi connectivity index (χ3n) is 2.33. The molecule has 70 valence electrons. The fourth-order valence-corrected chi connectivity index (χ4v) is 1.31. The molecule has 1 unspecified atom stereocenters. The van der Waals surface area contributed by atoms with Crippen LogP contribution in [0.15, 0.2) is 0 Å². The Morgan fingerprint density at radius 3 is 2.50 bits per heavy atom. The first kappa shape index (κ1) is 9.48. The van der Waals surface area contributed by atoms with Crippen molar-refractivity contribution in [2.75, 3.05) is 20.8 Å². The fraction of sp³-hybridized carbons (Fsp3) is 0.875.